The SMILES string of the molecule is CCOC(=O)C1CC[NH+](CC(=O)N[C@@H]2CS(=O)(=O)C[C@@H]2Cl)CC1. The molecule has 7 nitrogen and oxygen atoms in total. The van der Waals surface area contributed by atoms with Crippen molar-refractivity contribution in [2.24, 2.45) is 5.92 Å². The van der Waals surface area contributed by atoms with Crippen molar-refractivity contribution in [1.29, 1.82) is 0 Å². The van der Waals surface area contributed by atoms with Crippen molar-refractivity contribution in [3.05, 3.63) is 0 Å². The van der Waals surface area contributed by atoms with Crippen molar-refractivity contribution < 1.29 is 27.6 Å². The predicted molar refractivity (Wildman–Crippen MR) is 85.1 cm³/mol. The molecule has 0 aromatic rings. The second kappa shape index (κ2) is 7.81. The van der Waals surface area contributed by atoms with Gasteiger partial charge in [0.25, 0.3) is 5.91 Å². The van der Waals surface area contributed by atoms with E-state index in [-0.39, 0.29) is 35.8 Å². The molecule has 23 heavy (non-hydrogen) atoms. The van der Waals surface area contributed by atoms with Gasteiger partial charge in [-0.2, -0.15) is 0 Å². The zero-order chi connectivity index (χ0) is 17.0. The van der Waals surface area contributed by atoms with Gasteiger partial charge >= 0.3 is 5.97 Å². The van der Waals surface area contributed by atoms with Crippen molar-refractivity contribution in [2.75, 3.05) is 37.7 Å². The molecule has 0 saturated carbocycles. The number of piperidine rings is 1. The Morgan fingerprint density at radius 3 is 2.43 bits per heavy atom. The van der Waals surface area contributed by atoms with Gasteiger partial charge in [0.05, 0.1) is 48.5 Å². The lowest BCUT2D eigenvalue weighted by Crippen LogP contribution is -3.14. The average Bonchev–Trinajstić information content (AvgIpc) is 2.72. The van der Waals surface area contributed by atoms with E-state index >= 15 is 0 Å². The zero-order valence-electron chi connectivity index (χ0n) is 13.2. The van der Waals surface area contributed by atoms with Crippen LogP contribution in [0.2, 0.25) is 0 Å². The van der Waals surface area contributed by atoms with E-state index in [4.69, 9.17) is 16.3 Å². The highest BCUT2D eigenvalue weighted by molar-refractivity contribution is 7.91. The van der Waals surface area contributed by atoms with Crippen LogP contribution in [0.5, 0.6) is 0 Å². The molecule has 1 amide bonds. The van der Waals surface area contributed by atoms with Crippen LogP contribution in [0.15, 0.2) is 0 Å². The molecule has 2 aliphatic rings. The van der Waals surface area contributed by atoms with Crippen LogP contribution >= 0.6 is 11.6 Å². The molecule has 0 spiro atoms. The molecule has 132 valence electrons. The van der Waals surface area contributed by atoms with Gasteiger partial charge in [-0.25, -0.2) is 8.42 Å². The smallest absolute Gasteiger partial charge is 0.309 e. The molecule has 2 heterocycles. The standard InChI is InChI=1S/C14H23ClN2O5S/c1-2-22-14(19)10-3-5-17(6-4-10)7-13(18)16-12-9-23(20,21)8-11(12)15/h10-12H,2-9H2,1H3,(H,16,18)/p+1/t11-,12+/m0/s1. The van der Waals surface area contributed by atoms with Crippen LogP contribution in [0.25, 0.3) is 0 Å². The molecule has 2 atom stereocenters. The number of rotatable bonds is 5. The summed E-state index contributed by atoms with van der Waals surface area (Å²) in [6.45, 7) is 3.90. The van der Waals surface area contributed by atoms with E-state index in [1.165, 1.54) is 0 Å². The second-order valence-electron chi connectivity index (χ2n) is 6.22. The molecule has 0 aliphatic carbocycles. The maximum Gasteiger partial charge on any atom is 0.309 e. The summed E-state index contributed by atoms with van der Waals surface area (Å²) in [5, 5.41) is 2.16. The van der Waals surface area contributed by atoms with Crippen molar-refractivity contribution in [3.63, 3.8) is 0 Å². The Hall–Kier alpha value is -0.860. The van der Waals surface area contributed by atoms with Gasteiger partial charge in [0.1, 0.15) is 0 Å². The van der Waals surface area contributed by atoms with E-state index in [1.54, 1.807) is 6.92 Å². The fourth-order valence-electron chi connectivity index (χ4n) is 3.12. The van der Waals surface area contributed by atoms with E-state index in [9.17, 15) is 18.0 Å². The molecule has 9 heteroatoms. The number of hydrogen-bond donors (Lipinski definition) is 2. The monoisotopic (exact) mass is 367 g/mol. The van der Waals surface area contributed by atoms with Crippen molar-refractivity contribution in [1.82, 2.24) is 5.32 Å². The Kier molecular flexibility index (Phi) is 6.27. The molecule has 2 fully saturated rings. The summed E-state index contributed by atoms with van der Waals surface area (Å²) in [5.74, 6) is -0.599. The third-order valence-electron chi connectivity index (χ3n) is 4.35. The predicted octanol–water partition coefficient (Wildman–Crippen LogP) is -1.63. The fraction of sp³-hybridized carbons (Fsp3) is 0.857. The zero-order valence-corrected chi connectivity index (χ0v) is 14.8. The molecular formula is C14H24ClN2O5S+. The molecule has 0 aromatic carbocycles. The lowest BCUT2D eigenvalue weighted by Gasteiger charge is -2.28. The Morgan fingerprint density at radius 1 is 1.26 bits per heavy atom. The minimum absolute atomic E-state index is 0.0750. The van der Waals surface area contributed by atoms with E-state index in [1.807, 2.05) is 0 Å². The van der Waals surface area contributed by atoms with Crippen LogP contribution in [0.3, 0.4) is 0 Å². The third kappa shape index (κ3) is 5.32. The minimum atomic E-state index is -3.15. The highest BCUT2D eigenvalue weighted by Crippen LogP contribution is 2.17. The normalized spacial score (nSPS) is 33.1. The number of carbonyl (C=O) groups excluding carboxylic acids is 2. The summed E-state index contributed by atoms with van der Waals surface area (Å²) < 4.78 is 28.0. The number of likely N-dealkylation sites (tertiary alicyclic amines) is 1. The van der Waals surface area contributed by atoms with Crippen molar-refractivity contribution in [2.45, 2.75) is 31.2 Å². The third-order valence-corrected chi connectivity index (χ3v) is 6.73. The largest absolute Gasteiger partial charge is 0.466 e. The molecule has 0 bridgehead atoms. The van der Waals surface area contributed by atoms with Gasteiger partial charge in [-0.3, -0.25) is 9.59 Å². The highest BCUT2D eigenvalue weighted by Gasteiger charge is 2.38. The number of ether oxygens (including phenoxy) is 1. The first-order valence-corrected chi connectivity index (χ1v) is 10.2. The first kappa shape index (κ1) is 18.5. The van der Waals surface area contributed by atoms with Crippen LogP contribution in [-0.2, 0) is 24.2 Å². The Balaban J connectivity index is 1.74. The Bertz CT molecular complexity index is 545. The number of sulfone groups is 1. The van der Waals surface area contributed by atoms with Crippen molar-refractivity contribution >= 4 is 33.3 Å². The topological polar surface area (TPSA) is 94.0 Å². The highest BCUT2D eigenvalue weighted by atomic mass is 35.5. The molecule has 0 radical (unpaired) electrons. The van der Waals surface area contributed by atoms with E-state index in [2.05, 4.69) is 5.32 Å². The quantitative estimate of drug-likeness (QED) is 0.449. The first-order valence-electron chi connectivity index (χ1n) is 7.94. The summed E-state index contributed by atoms with van der Waals surface area (Å²) >= 11 is 5.98. The van der Waals surface area contributed by atoms with E-state index < -0.39 is 21.3 Å². The molecule has 2 saturated heterocycles. The lowest BCUT2D eigenvalue weighted by molar-refractivity contribution is -0.897. The number of esters is 1. The van der Waals surface area contributed by atoms with Crippen molar-refractivity contribution in [3.8, 4) is 0 Å². The number of nitrogens with one attached hydrogen (secondary N) is 2. The number of amides is 1. The van der Waals surface area contributed by atoms with Gasteiger partial charge in [0.15, 0.2) is 16.4 Å². The number of carbonyl (C=O) groups is 2. The minimum Gasteiger partial charge on any atom is -0.466 e. The van der Waals surface area contributed by atoms with Crippen LogP contribution in [0.1, 0.15) is 19.8 Å². The number of hydrogen-bond acceptors (Lipinski definition) is 5. The average molecular weight is 368 g/mol. The molecule has 0 unspecified atom stereocenters. The molecule has 2 aliphatic heterocycles. The summed E-state index contributed by atoms with van der Waals surface area (Å²) in [4.78, 5) is 24.8. The van der Waals surface area contributed by atoms with Crippen LogP contribution in [0, 0.1) is 5.92 Å². The van der Waals surface area contributed by atoms with Gasteiger partial charge in [-0.05, 0) is 6.92 Å². The van der Waals surface area contributed by atoms with Crippen LogP contribution in [0.4, 0.5) is 0 Å². The maximum absolute atomic E-state index is 12.1. The summed E-state index contributed by atoms with van der Waals surface area (Å²) in [6, 6.07) is -0.509. The first-order chi connectivity index (χ1) is 10.8. The maximum atomic E-state index is 12.1. The summed E-state index contributed by atoms with van der Waals surface area (Å²) in [6.07, 6.45) is 1.41. The lowest BCUT2D eigenvalue weighted by atomic mass is 9.97. The van der Waals surface area contributed by atoms with Gasteiger partial charge in [0.2, 0.25) is 0 Å². The Morgan fingerprint density at radius 2 is 1.91 bits per heavy atom. The summed E-state index contributed by atoms with van der Waals surface area (Å²) in [7, 11) is -3.15. The number of alkyl halides is 1. The number of quaternary nitrogens is 1. The second-order valence-corrected chi connectivity index (χ2v) is 8.93. The number of halogens is 1. The Labute approximate surface area is 141 Å². The molecule has 0 aromatic heterocycles. The molecule has 2 rings (SSSR count). The van der Waals surface area contributed by atoms with E-state index in [0.29, 0.717) is 19.4 Å². The molecule has 2 N–H and O–H groups in total. The van der Waals surface area contributed by atoms with E-state index in [0.717, 1.165) is 18.0 Å². The van der Waals surface area contributed by atoms with Gasteiger partial charge in [-0.15, -0.1) is 11.6 Å². The van der Waals surface area contributed by atoms with Gasteiger partial charge in [0, 0.05) is 12.8 Å². The summed E-state index contributed by atoms with van der Waals surface area (Å²) in [5.41, 5.74) is 0. The molecular weight excluding hydrogens is 344 g/mol. The van der Waals surface area contributed by atoms with Gasteiger partial charge in [-0.1, -0.05) is 0 Å². The van der Waals surface area contributed by atoms with Gasteiger partial charge < -0.3 is 15.0 Å². The van der Waals surface area contributed by atoms with Crippen LogP contribution < -0.4 is 10.2 Å². The fourth-order valence-corrected chi connectivity index (χ4v) is 5.67. The van der Waals surface area contributed by atoms with Crippen LogP contribution in [-0.4, -0.2) is 69.5 Å².